The van der Waals surface area contributed by atoms with E-state index in [1.165, 1.54) is 33.4 Å². The summed E-state index contributed by atoms with van der Waals surface area (Å²) < 4.78 is 23.7. The number of carbonyl (C=O) groups is 1. The van der Waals surface area contributed by atoms with Crippen LogP contribution in [0.5, 0.6) is 0 Å². The molecule has 0 radical (unpaired) electrons. The quantitative estimate of drug-likeness (QED) is 0.748. The second kappa shape index (κ2) is 6.11. The van der Waals surface area contributed by atoms with E-state index in [4.69, 9.17) is 5.14 Å². The van der Waals surface area contributed by atoms with Crippen LogP contribution in [0.3, 0.4) is 0 Å². The Morgan fingerprint density at radius 2 is 2.00 bits per heavy atom. The number of nitrogens with zero attached hydrogens (tertiary/aromatic N) is 2. The van der Waals surface area contributed by atoms with Gasteiger partial charge in [-0.2, -0.15) is 12.7 Å². The highest BCUT2D eigenvalue weighted by Crippen LogP contribution is 2.43. The zero-order valence-corrected chi connectivity index (χ0v) is 13.6. The fourth-order valence-corrected chi connectivity index (χ4v) is 4.17. The summed E-state index contributed by atoms with van der Waals surface area (Å²) in [6.07, 6.45) is 5.33. The number of thiazole rings is 1. The highest BCUT2D eigenvalue weighted by Gasteiger charge is 2.27. The summed E-state index contributed by atoms with van der Waals surface area (Å²) in [6, 6.07) is -0.355. The Balaban J connectivity index is 1.46. The molecule has 0 atom stereocenters. The van der Waals surface area contributed by atoms with Crippen molar-refractivity contribution >= 4 is 32.7 Å². The zero-order valence-electron chi connectivity index (χ0n) is 12.0. The van der Waals surface area contributed by atoms with Crippen molar-refractivity contribution in [1.29, 1.82) is 0 Å². The number of rotatable bonds is 4. The van der Waals surface area contributed by atoms with Crippen molar-refractivity contribution in [2.45, 2.75) is 37.6 Å². The fraction of sp³-hybridized carbons (Fsp3) is 0.667. The Morgan fingerprint density at radius 1 is 1.32 bits per heavy atom. The second-order valence-corrected chi connectivity index (χ2v) is 8.27. The lowest BCUT2D eigenvalue weighted by Gasteiger charge is -2.30. The van der Waals surface area contributed by atoms with Gasteiger partial charge in [-0.3, -0.25) is 5.32 Å². The lowest BCUT2D eigenvalue weighted by Crippen LogP contribution is -2.49. The third-order valence-electron chi connectivity index (χ3n) is 3.87. The molecule has 2 amide bonds. The lowest BCUT2D eigenvalue weighted by molar-refractivity contribution is 0.238. The van der Waals surface area contributed by atoms with E-state index in [1.807, 2.05) is 6.20 Å². The minimum Gasteiger partial charge on any atom is -0.335 e. The van der Waals surface area contributed by atoms with Crippen LogP contribution in [0.15, 0.2) is 6.20 Å². The first kappa shape index (κ1) is 15.7. The maximum absolute atomic E-state index is 11.9. The van der Waals surface area contributed by atoms with Gasteiger partial charge in [0.15, 0.2) is 5.13 Å². The Labute approximate surface area is 133 Å². The van der Waals surface area contributed by atoms with Gasteiger partial charge in [-0.1, -0.05) is 0 Å². The molecule has 0 unspecified atom stereocenters. The van der Waals surface area contributed by atoms with E-state index in [0.717, 1.165) is 0 Å². The van der Waals surface area contributed by atoms with Gasteiger partial charge in [0.1, 0.15) is 0 Å². The third kappa shape index (κ3) is 3.94. The molecule has 1 saturated heterocycles. The normalized spacial score (nSPS) is 20.8. The predicted octanol–water partition coefficient (Wildman–Crippen LogP) is 0.810. The van der Waals surface area contributed by atoms with E-state index in [-0.39, 0.29) is 12.1 Å². The first-order valence-electron chi connectivity index (χ1n) is 7.23. The van der Waals surface area contributed by atoms with E-state index in [2.05, 4.69) is 15.6 Å². The van der Waals surface area contributed by atoms with Gasteiger partial charge in [-0.05, 0) is 31.6 Å². The van der Waals surface area contributed by atoms with E-state index >= 15 is 0 Å². The van der Waals surface area contributed by atoms with E-state index in [1.54, 1.807) is 0 Å². The third-order valence-corrected chi connectivity index (χ3v) is 6.03. The van der Waals surface area contributed by atoms with Crippen molar-refractivity contribution in [1.82, 2.24) is 14.6 Å². The molecule has 122 valence electrons. The first-order valence-corrected chi connectivity index (χ1v) is 9.55. The van der Waals surface area contributed by atoms with Crippen molar-refractivity contribution in [2.24, 2.45) is 5.14 Å². The average Bonchev–Trinajstić information content (AvgIpc) is 3.19. The van der Waals surface area contributed by atoms with E-state index in [0.29, 0.717) is 37.0 Å². The van der Waals surface area contributed by atoms with Crippen LogP contribution in [0.2, 0.25) is 0 Å². The molecule has 10 heteroatoms. The van der Waals surface area contributed by atoms with E-state index in [9.17, 15) is 13.2 Å². The van der Waals surface area contributed by atoms with Gasteiger partial charge < -0.3 is 5.32 Å². The molecular formula is C12H19N5O3S2. The molecule has 1 aromatic heterocycles. The summed E-state index contributed by atoms with van der Waals surface area (Å²) in [7, 11) is -3.63. The Bertz CT molecular complexity index is 647. The maximum atomic E-state index is 11.9. The SMILES string of the molecule is NS(=O)(=O)N1CCC(NC(=O)Nc2ncc(C3CC3)s2)CC1. The van der Waals surface area contributed by atoms with Crippen LogP contribution in [0.4, 0.5) is 9.93 Å². The van der Waals surface area contributed by atoms with Crippen LogP contribution in [-0.4, -0.2) is 42.9 Å². The number of nitrogens with two attached hydrogens (primary N) is 1. The van der Waals surface area contributed by atoms with Crippen molar-refractivity contribution in [3.63, 3.8) is 0 Å². The topological polar surface area (TPSA) is 117 Å². The summed E-state index contributed by atoms with van der Waals surface area (Å²) >= 11 is 1.51. The van der Waals surface area contributed by atoms with Crippen LogP contribution in [0.25, 0.3) is 0 Å². The number of carbonyl (C=O) groups excluding carboxylic acids is 1. The Kier molecular flexibility index (Phi) is 4.35. The number of hydrogen-bond donors (Lipinski definition) is 3. The zero-order chi connectivity index (χ0) is 15.7. The van der Waals surface area contributed by atoms with Gasteiger partial charge in [0.05, 0.1) is 0 Å². The molecule has 1 saturated carbocycles. The minimum absolute atomic E-state index is 0.0548. The highest BCUT2D eigenvalue weighted by molar-refractivity contribution is 7.86. The predicted molar refractivity (Wildman–Crippen MR) is 83.9 cm³/mol. The molecule has 0 aromatic carbocycles. The second-order valence-electron chi connectivity index (χ2n) is 5.66. The van der Waals surface area contributed by atoms with Gasteiger partial charge in [0, 0.05) is 30.2 Å². The molecule has 2 aliphatic rings. The number of nitrogens with one attached hydrogen (secondary N) is 2. The van der Waals surface area contributed by atoms with Gasteiger partial charge in [-0.25, -0.2) is 14.9 Å². The Hall–Kier alpha value is -1.23. The molecule has 2 heterocycles. The lowest BCUT2D eigenvalue weighted by atomic mass is 10.1. The van der Waals surface area contributed by atoms with E-state index < -0.39 is 10.2 Å². The first-order chi connectivity index (χ1) is 10.4. The van der Waals surface area contributed by atoms with Crippen molar-refractivity contribution in [3.05, 3.63) is 11.1 Å². The highest BCUT2D eigenvalue weighted by atomic mass is 32.2. The number of anilines is 1. The number of amides is 2. The monoisotopic (exact) mass is 345 g/mol. The van der Waals surface area contributed by atoms with Gasteiger partial charge in [-0.15, -0.1) is 11.3 Å². The maximum Gasteiger partial charge on any atom is 0.321 e. The van der Waals surface area contributed by atoms with Crippen LogP contribution in [-0.2, 0) is 10.2 Å². The standard InChI is InChI=1S/C12H19N5O3S2/c13-22(19,20)17-5-3-9(4-6-17)15-11(18)16-12-14-7-10(21-12)8-1-2-8/h7-9H,1-6H2,(H2,13,19,20)(H2,14,15,16,18). The summed E-state index contributed by atoms with van der Waals surface area (Å²) in [5, 5.41) is 11.3. The summed E-state index contributed by atoms with van der Waals surface area (Å²) in [5.41, 5.74) is 0. The number of urea groups is 1. The smallest absolute Gasteiger partial charge is 0.321 e. The van der Waals surface area contributed by atoms with Crippen molar-refractivity contribution < 1.29 is 13.2 Å². The largest absolute Gasteiger partial charge is 0.335 e. The van der Waals surface area contributed by atoms with Crippen molar-refractivity contribution in [2.75, 3.05) is 18.4 Å². The molecule has 0 spiro atoms. The minimum atomic E-state index is -3.63. The molecular weight excluding hydrogens is 326 g/mol. The van der Waals surface area contributed by atoms with Crippen LogP contribution >= 0.6 is 11.3 Å². The average molecular weight is 345 g/mol. The molecule has 2 fully saturated rings. The summed E-state index contributed by atoms with van der Waals surface area (Å²) in [4.78, 5) is 17.4. The number of hydrogen-bond acceptors (Lipinski definition) is 5. The van der Waals surface area contributed by atoms with Crippen LogP contribution in [0.1, 0.15) is 36.5 Å². The molecule has 22 heavy (non-hydrogen) atoms. The molecule has 1 aromatic rings. The van der Waals surface area contributed by atoms with Gasteiger partial charge in [0.2, 0.25) is 0 Å². The molecule has 1 aliphatic carbocycles. The van der Waals surface area contributed by atoms with Crippen LogP contribution in [0, 0.1) is 0 Å². The summed E-state index contributed by atoms with van der Waals surface area (Å²) in [6.45, 7) is 0.653. The van der Waals surface area contributed by atoms with Crippen molar-refractivity contribution in [3.8, 4) is 0 Å². The van der Waals surface area contributed by atoms with Gasteiger partial charge in [0.25, 0.3) is 10.2 Å². The molecule has 8 nitrogen and oxygen atoms in total. The summed E-state index contributed by atoms with van der Waals surface area (Å²) in [5.74, 6) is 0.624. The Morgan fingerprint density at radius 3 is 2.59 bits per heavy atom. The molecule has 0 bridgehead atoms. The van der Waals surface area contributed by atoms with Crippen LogP contribution < -0.4 is 15.8 Å². The fourth-order valence-electron chi connectivity index (χ4n) is 2.47. The molecule has 1 aliphatic heterocycles. The van der Waals surface area contributed by atoms with Gasteiger partial charge >= 0.3 is 6.03 Å². The molecule has 4 N–H and O–H groups in total. The molecule has 3 rings (SSSR count). The number of piperidine rings is 1. The number of aromatic nitrogens is 1.